The molecule has 2 aliphatic rings. The number of hydrogen-bond acceptors (Lipinski definition) is 5. The van der Waals surface area contributed by atoms with Gasteiger partial charge in [0.05, 0.1) is 29.8 Å². The number of aryl methyl sites for hydroxylation is 1. The quantitative estimate of drug-likeness (QED) is 0.473. The highest BCUT2D eigenvalue weighted by Crippen LogP contribution is 2.38. The van der Waals surface area contributed by atoms with Crippen LogP contribution in [0.5, 0.6) is 5.75 Å². The van der Waals surface area contributed by atoms with Crippen LogP contribution in [0.4, 0.5) is 8.78 Å². The molecule has 37 heavy (non-hydrogen) atoms. The average Bonchev–Trinajstić information content (AvgIpc) is 3.63. The second-order valence-corrected chi connectivity index (χ2v) is 9.94. The first-order chi connectivity index (χ1) is 17.9. The highest BCUT2D eigenvalue weighted by Gasteiger charge is 2.31. The van der Waals surface area contributed by atoms with Gasteiger partial charge in [0, 0.05) is 31.6 Å². The minimum Gasteiger partial charge on any atom is -0.492 e. The van der Waals surface area contributed by atoms with Crippen molar-refractivity contribution in [3.05, 3.63) is 41.6 Å². The molecular formula is C27H31F2N5O3. The number of aromatic amines is 1. The second-order valence-electron chi connectivity index (χ2n) is 9.94. The number of ether oxygens (including phenoxy) is 1. The first kappa shape index (κ1) is 25.1. The third-order valence-corrected chi connectivity index (χ3v) is 7.27. The molecule has 5 rings (SSSR count). The van der Waals surface area contributed by atoms with E-state index in [1.54, 1.807) is 26.0 Å². The fourth-order valence-corrected chi connectivity index (χ4v) is 4.75. The van der Waals surface area contributed by atoms with Gasteiger partial charge in [-0.25, -0.2) is 18.7 Å². The molecule has 1 aromatic carbocycles. The van der Waals surface area contributed by atoms with Crippen molar-refractivity contribution in [1.29, 1.82) is 0 Å². The molecule has 1 aliphatic carbocycles. The lowest BCUT2D eigenvalue weighted by Crippen LogP contribution is -2.47. The van der Waals surface area contributed by atoms with Crippen LogP contribution >= 0.6 is 0 Å². The molecule has 2 aromatic heterocycles. The van der Waals surface area contributed by atoms with Crippen molar-refractivity contribution in [2.45, 2.75) is 45.7 Å². The van der Waals surface area contributed by atoms with Gasteiger partial charge >= 0.3 is 0 Å². The van der Waals surface area contributed by atoms with Gasteiger partial charge in [0.2, 0.25) is 5.91 Å². The number of amides is 2. The molecule has 2 amide bonds. The standard InChI is InChI=1S/C27H31F2N5O3/c1-3-21(35)34-9-8-17(19(28)12-34)10-31-27(36)18-11-30-26-24(18)32-14-33-25(26)22-20(37-13-16-5-6-16)7-4-15(2)23(22)29/h4,7,11,14,16-17,19,30H,3,5-6,8-10,12-13H2,1-2H3,(H,31,36)/t17-,19-/m1/s1. The summed E-state index contributed by atoms with van der Waals surface area (Å²) >= 11 is 0. The molecule has 1 saturated heterocycles. The van der Waals surface area contributed by atoms with E-state index in [0.717, 1.165) is 12.8 Å². The van der Waals surface area contributed by atoms with Gasteiger partial charge in [-0.15, -0.1) is 0 Å². The van der Waals surface area contributed by atoms with Gasteiger partial charge in [0.15, 0.2) is 0 Å². The zero-order chi connectivity index (χ0) is 26.1. The van der Waals surface area contributed by atoms with Gasteiger partial charge in [0.1, 0.15) is 35.3 Å². The van der Waals surface area contributed by atoms with E-state index in [1.165, 1.54) is 17.4 Å². The number of hydrogen-bond donors (Lipinski definition) is 2. The predicted molar refractivity (Wildman–Crippen MR) is 134 cm³/mol. The number of rotatable bonds is 8. The van der Waals surface area contributed by atoms with E-state index in [-0.39, 0.29) is 36.0 Å². The number of fused-ring (bicyclic) bond motifs is 1. The molecule has 8 nitrogen and oxygen atoms in total. The van der Waals surface area contributed by atoms with Gasteiger partial charge in [-0.1, -0.05) is 13.0 Å². The summed E-state index contributed by atoms with van der Waals surface area (Å²) in [6, 6.07) is 3.42. The van der Waals surface area contributed by atoms with Crippen LogP contribution in [0.3, 0.4) is 0 Å². The maximum absolute atomic E-state index is 15.4. The number of nitrogens with zero attached hydrogens (tertiary/aromatic N) is 3. The summed E-state index contributed by atoms with van der Waals surface area (Å²) in [5, 5.41) is 2.80. The number of benzene rings is 1. The molecular weight excluding hydrogens is 480 g/mol. The predicted octanol–water partition coefficient (Wildman–Crippen LogP) is 4.19. The molecule has 2 N–H and O–H groups in total. The summed E-state index contributed by atoms with van der Waals surface area (Å²) in [5.41, 5.74) is 2.03. The van der Waals surface area contributed by atoms with Crippen molar-refractivity contribution >= 4 is 22.8 Å². The van der Waals surface area contributed by atoms with Gasteiger partial charge in [-0.2, -0.15) is 0 Å². The molecule has 0 unspecified atom stereocenters. The minimum atomic E-state index is -1.21. The Morgan fingerprint density at radius 3 is 2.78 bits per heavy atom. The molecule has 3 heterocycles. The number of H-pyrrole nitrogens is 1. The second kappa shape index (κ2) is 10.4. The van der Waals surface area contributed by atoms with E-state index >= 15 is 4.39 Å². The molecule has 1 aliphatic heterocycles. The Morgan fingerprint density at radius 2 is 2.05 bits per heavy atom. The molecule has 196 valence electrons. The van der Waals surface area contributed by atoms with Crippen molar-refractivity contribution < 1.29 is 23.1 Å². The Kier molecular flexibility index (Phi) is 7.08. The lowest BCUT2D eigenvalue weighted by molar-refractivity contribution is -0.133. The van der Waals surface area contributed by atoms with Crippen LogP contribution in [0.15, 0.2) is 24.7 Å². The monoisotopic (exact) mass is 511 g/mol. The number of alkyl halides is 1. The molecule has 2 fully saturated rings. The normalized spacial score (nSPS) is 19.7. The van der Waals surface area contributed by atoms with Crippen molar-refractivity contribution in [3.63, 3.8) is 0 Å². The van der Waals surface area contributed by atoms with Crippen molar-refractivity contribution in [1.82, 2.24) is 25.2 Å². The van der Waals surface area contributed by atoms with E-state index in [4.69, 9.17) is 4.74 Å². The highest BCUT2D eigenvalue weighted by molar-refractivity contribution is 6.07. The number of carbonyl (C=O) groups is 2. The summed E-state index contributed by atoms with van der Waals surface area (Å²) in [7, 11) is 0. The van der Waals surface area contributed by atoms with Crippen molar-refractivity contribution in [3.8, 4) is 17.0 Å². The Bertz CT molecular complexity index is 1320. The molecule has 1 saturated carbocycles. The number of carbonyl (C=O) groups excluding carboxylic acids is 2. The number of aromatic nitrogens is 3. The third kappa shape index (κ3) is 5.14. The number of piperidine rings is 1. The van der Waals surface area contributed by atoms with E-state index in [0.29, 0.717) is 60.0 Å². The molecule has 0 spiro atoms. The van der Waals surface area contributed by atoms with Crippen molar-refractivity contribution in [2.24, 2.45) is 11.8 Å². The summed E-state index contributed by atoms with van der Waals surface area (Å²) in [6.07, 6.45) is 4.63. The molecule has 2 atom stereocenters. The zero-order valence-electron chi connectivity index (χ0n) is 21.0. The number of nitrogens with one attached hydrogen (secondary N) is 2. The van der Waals surface area contributed by atoms with Crippen LogP contribution in [-0.4, -0.2) is 64.1 Å². The summed E-state index contributed by atoms with van der Waals surface area (Å²) in [4.78, 5) is 38.1. The lowest BCUT2D eigenvalue weighted by Gasteiger charge is -2.34. The number of halogens is 2. The van der Waals surface area contributed by atoms with E-state index in [2.05, 4.69) is 20.3 Å². The summed E-state index contributed by atoms with van der Waals surface area (Å²) in [5.74, 6) is -0.400. The van der Waals surface area contributed by atoms with Crippen LogP contribution in [-0.2, 0) is 4.79 Å². The zero-order valence-corrected chi connectivity index (χ0v) is 21.0. The smallest absolute Gasteiger partial charge is 0.255 e. The molecule has 10 heteroatoms. The Morgan fingerprint density at radius 1 is 1.24 bits per heavy atom. The van der Waals surface area contributed by atoms with E-state index in [1.807, 2.05) is 0 Å². The number of likely N-dealkylation sites (tertiary alicyclic amines) is 1. The van der Waals surface area contributed by atoms with Gasteiger partial charge in [-0.3, -0.25) is 9.59 Å². The van der Waals surface area contributed by atoms with Crippen LogP contribution in [0.25, 0.3) is 22.3 Å². The van der Waals surface area contributed by atoms with Crippen LogP contribution in [0.2, 0.25) is 0 Å². The third-order valence-electron chi connectivity index (χ3n) is 7.27. The maximum Gasteiger partial charge on any atom is 0.255 e. The fourth-order valence-electron chi connectivity index (χ4n) is 4.75. The first-order valence-electron chi connectivity index (χ1n) is 12.8. The van der Waals surface area contributed by atoms with E-state index in [9.17, 15) is 14.0 Å². The molecule has 0 bridgehead atoms. The van der Waals surface area contributed by atoms with Gasteiger partial charge in [0.25, 0.3) is 5.91 Å². The SMILES string of the molecule is CCC(=O)N1CC[C@H](CNC(=O)c2c[nH]c3c(-c4c(OCC5CC5)ccc(C)c4F)ncnc23)[C@H](F)C1. The first-order valence-corrected chi connectivity index (χ1v) is 12.8. The highest BCUT2D eigenvalue weighted by atomic mass is 19.1. The molecule has 3 aromatic rings. The van der Waals surface area contributed by atoms with Crippen LogP contribution in [0.1, 0.15) is 48.5 Å². The van der Waals surface area contributed by atoms with E-state index < -0.39 is 17.9 Å². The van der Waals surface area contributed by atoms with Crippen LogP contribution in [0, 0.1) is 24.6 Å². The summed E-state index contributed by atoms with van der Waals surface area (Å²) < 4.78 is 36.0. The van der Waals surface area contributed by atoms with Crippen molar-refractivity contribution in [2.75, 3.05) is 26.2 Å². The minimum absolute atomic E-state index is 0.0457. The van der Waals surface area contributed by atoms with Gasteiger partial charge in [-0.05, 0) is 43.7 Å². The molecule has 0 radical (unpaired) electrons. The average molecular weight is 512 g/mol. The Hall–Kier alpha value is -3.56. The lowest BCUT2D eigenvalue weighted by atomic mass is 9.94. The topological polar surface area (TPSA) is 100 Å². The Balaban J connectivity index is 1.35. The van der Waals surface area contributed by atoms with Gasteiger partial charge < -0.3 is 19.9 Å². The fraction of sp³-hybridized carbons (Fsp3) is 0.481. The van der Waals surface area contributed by atoms with Crippen LogP contribution < -0.4 is 10.1 Å². The largest absolute Gasteiger partial charge is 0.492 e. The maximum atomic E-state index is 15.4. The summed E-state index contributed by atoms with van der Waals surface area (Å²) in [6.45, 7) is 4.62. The Labute approximate surface area is 213 Å².